The smallest absolute Gasteiger partial charge is 0.383 e. The van der Waals surface area contributed by atoms with Gasteiger partial charge < -0.3 is 9.47 Å². The molecule has 1 saturated heterocycles. The number of nitrogens with zero attached hydrogens (tertiary/aromatic N) is 2. The van der Waals surface area contributed by atoms with Crippen molar-refractivity contribution >= 4 is 0 Å². The van der Waals surface area contributed by atoms with Crippen molar-refractivity contribution in [1.82, 2.24) is 9.80 Å². The molecule has 0 bridgehead atoms. The molecular weight excluding hydrogens is 273 g/mol. The summed E-state index contributed by atoms with van der Waals surface area (Å²) < 4.78 is 45.6. The van der Waals surface area contributed by atoms with E-state index >= 15 is 0 Å². The summed E-state index contributed by atoms with van der Waals surface area (Å²) in [6.45, 7) is 5.98. The maximum Gasteiger partial charge on any atom is 0.411 e. The van der Waals surface area contributed by atoms with Crippen molar-refractivity contribution in [2.45, 2.75) is 25.6 Å². The fourth-order valence-electron chi connectivity index (χ4n) is 2.43. The second kappa shape index (κ2) is 8.81. The zero-order chi connectivity index (χ0) is 15.0. The molecule has 0 aromatic carbocycles. The maximum atomic E-state index is 12.0. The fourth-order valence-corrected chi connectivity index (χ4v) is 2.43. The number of rotatable bonds is 8. The molecule has 0 aromatic rings. The van der Waals surface area contributed by atoms with Gasteiger partial charge in [-0.2, -0.15) is 13.2 Å². The maximum absolute atomic E-state index is 12.0. The van der Waals surface area contributed by atoms with E-state index in [9.17, 15) is 13.2 Å². The highest BCUT2D eigenvalue weighted by molar-refractivity contribution is 4.81. The number of ether oxygens (including phenoxy) is 2. The van der Waals surface area contributed by atoms with E-state index in [1.54, 1.807) is 7.11 Å². The van der Waals surface area contributed by atoms with Crippen molar-refractivity contribution in [3.05, 3.63) is 0 Å². The zero-order valence-corrected chi connectivity index (χ0v) is 12.3. The van der Waals surface area contributed by atoms with Crippen molar-refractivity contribution in [2.24, 2.45) is 0 Å². The predicted octanol–water partition coefficient (Wildman–Crippen LogP) is 1.61. The number of hydrogen-bond donors (Lipinski definition) is 0. The minimum Gasteiger partial charge on any atom is -0.383 e. The molecule has 1 heterocycles. The summed E-state index contributed by atoms with van der Waals surface area (Å²) in [4.78, 5) is 4.56. The largest absolute Gasteiger partial charge is 0.411 e. The molecule has 1 atom stereocenters. The third-order valence-corrected chi connectivity index (χ3v) is 3.56. The Labute approximate surface area is 118 Å². The minimum absolute atomic E-state index is 0.133. The van der Waals surface area contributed by atoms with Crippen LogP contribution in [-0.4, -0.2) is 81.7 Å². The molecule has 1 rings (SSSR count). The van der Waals surface area contributed by atoms with Crippen LogP contribution in [0.4, 0.5) is 13.2 Å². The van der Waals surface area contributed by atoms with E-state index in [4.69, 9.17) is 4.74 Å². The molecule has 0 N–H and O–H groups in total. The van der Waals surface area contributed by atoms with E-state index < -0.39 is 12.8 Å². The van der Waals surface area contributed by atoms with Crippen LogP contribution in [-0.2, 0) is 9.47 Å². The molecule has 1 aliphatic heterocycles. The lowest BCUT2D eigenvalue weighted by molar-refractivity contribution is -0.174. The Balaban J connectivity index is 2.23. The molecule has 0 radical (unpaired) electrons. The summed E-state index contributed by atoms with van der Waals surface area (Å²) in [5.74, 6) is 0. The van der Waals surface area contributed by atoms with Crippen LogP contribution < -0.4 is 0 Å². The average molecular weight is 298 g/mol. The fraction of sp³-hybridized carbons (Fsp3) is 1.00. The van der Waals surface area contributed by atoms with Gasteiger partial charge in [-0.3, -0.25) is 9.80 Å². The molecule has 0 saturated carbocycles. The van der Waals surface area contributed by atoms with Gasteiger partial charge >= 0.3 is 6.18 Å². The topological polar surface area (TPSA) is 24.9 Å². The third-order valence-electron chi connectivity index (χ3n) is 3.56. The lowest BCUT2D eigenvalue weighted by Gasteiger charge is -2.41. The zero-order valence-electron chi connectivity index (χ0n) is 12.3. The minimum atomic E-state index is -4.23. The second-order valence-electron chi connectivity index (χ2n) is 5.06. The quantitative estimate of drug-likeness (QED) is 0.636. The Morgan fingerprint density at radius 3 is 2.50 bits per heavy atom. The Bertz CT molecular complexity index is 264. The molecular formula is C13H25F3N2O2. The van der Waals surface area contributed by atoms with Crippen molar-refractivity contribution in [3.8, 4) is 0 Å². The molecule has 0 aromatic heterocycles. The van der Waals surface area contributed by atoms with Crippen LogP contribution in [0.15, 0.2) is 0 Å². The summed E-state index contributed by atoms with van der Waals surface area (Å²) in [7, 11) is 1.69. The van der Waals surface area contributed by atoms with Crippen LogP contribution in [0.5, 0.6) is 0 Å². The van der Waals surface area contributed by atoms with Crippen LogP contribution in [0.3, 0.4) is 0 Å². The Morgan fingerprint density at radius 2 is 1.90 bits per heavy atom. The van der Waals surface area contributed by atoms with E-state index in [2.05, 4.69) is 21.5 Å². The molecule has 1 aliphatic rings. The summed E-state index contributed by atoms with van der Waals surface area (Å²) in [6, 6.07) is 0.446. The summed E-state index contributed by atoms with van der Waals surface area (Å²) in [5, 5.41) is 0. The highest BCUT2D eigenvalue weighted by atomic mass is 19.4. The first-order valence-electron chi connectivity index (χ1n) is 7.06. The molecule has 1 fully saturated rings. The average Bonchev–Trinajstić information content (AvgIpc) is 2.40. The number of alkyl halides is 3. The third kappa shape index (κ3) is 6.88. The molecule has 0 aliphatic carbocycles. The van der Waals surface area contributed by atoms with Gasteiger partial charge in [0.2, 0.25) is 0 Å². The first-order chi connectivity index (χ1) is 9.46. The van der Waals surface area contributed by atoms with Gasteiger partial charge in [0.15, 0.2) is 0 Å². The molecule has 4 nitrogen and oxygen atoms in total. The summed E-state index contributed by atoms with van der Waals surface area (Å²) in [5.41, 5.74) is 0. The summed E-state index contributed by atoms with van der Waals surface area (Å²) >= 11 is 0. The number of hydrogen-bond acceptors (Lipinski definition) is 4. The van der Waals surface area contributed by atoms with E-state index in [-0.39, 0.29) is 6.61 Å². The Hall–Kier alpha value is -0.370. The molecule has 0 spiro atoms. The van der Waals surface area contributed by atoms with Gasteiger partial charge in [0.05, 0.1) is 13.2 Å². The van der Waals surface area contributed by atoms with Crippen LogP contribution in [0.25, 0.3) is 0 Å². The molecule has 20 heavy (non-hydrogen) atoms. The number of halogens is 3. The summed E-state index contributed by atoms with van der Waals surface area (Å²) in [6.07, 6.45) is -3.20. The van der Waals surface area contributed by atoms with E-state index in [0.717, 1.165) is 32.6 Å². The van der Waals surface area contributed by atoms with Crippen molar-refractivity contribution in [2.75, 3.05) is 59.7 Å². The monoisotopic (exact) mass is 298 g/mol. The normalized spacial score (nSPS) is 22.4. The van der Waals surface area contributed by atoms with Crippen LogP contribution >= 0.6 is 0 Å². The molecule has 0 unspecified atom stereocenters. The van der Waals surface area contributed by atoms with Gasteiger partial charge in [-0.05, 0) is 6.42 Å². The van der Waals surface area contributed by atoms with Crippen molar-refractivity contribution < 1.29 is 22.6 Å². The second-order valence-corrected chi connectivity index (χ2v) is 5.06. The van der Waals surface area contributed by atoms with E-state index in [0.29, 0.717) is 19.2 Å². The van der Waals surface area contributed by atoms with Gasteiger partial charge in [-0.15, -0.1) is 0 Å². The van der Waals surface area contributed by atoms with Crippen LogP contribution in [0.1, 0.15) is 13.3 Å². The highest BCUT2D eigenvalue weighted by Gasteiger charge is 2.28. The van der Waals surface area contributed by atoms with Crippen LogP contribution in [0.2, 0.25) is 0 Å². The number of piperazine rings is 1. The lowest BCUT2D eigenvalue weighted by atomic mass is 10.1. The van der Waals surface area contributed by atoms with Crippen molar-refractivity contribution in [3.63, 3.8) is 0 Å². The lowest BCUT2D eigenvalue weighted by Crippen LogP contribution is -2.54. The standard InChI is InChI=1S/C13H25F3N2O2/c1-3-12-10-17(4-5-18(12)7-8-19-2)6-9-20-11-13(14,15)16/h12H,3-11H2,1-2H3/t12-/m1/s1. The molecule has 120 valence electrons. The van der Waals surface area contributed by atoms with Crippen molar-refractivity contribution in [1.29, 1.82) is 0 Å². The van der Waals surface area contributed by atoms with Gasteiger partial charge in [-0.25, -0.2) is 0 Å². The highest BCUT2D eigenvalue weighted by Crippen LogP contribution is 2.15. The van der Waals surface area contributed by atoms with E-state index in [1.807, 2.05) is 0 Å². The first-order valence-corrected chi connectivity index (χ1v) is 7.06. The number of methoxy groups -OCH3 is 1. The van der Waals surface area contributed by atoms with Crippen LogP contribution in [0, 0.1) is 0 Å². The Kier molecular flexibility index (Phi) is 7.79. The molecule has 0 amide bonds. The van der Waals surface area contributed by atoms with Gasteiger partial charge in [0.1, 0.15) is 6.61 Å². The first kappa shape index (κ1) is 17.7. The van der Waals surface area contributed by atoms with E-state index in [1.165, 1.54) is 0 Å². The Morgan fingerprint density at radius 1 is 1.15 bits per heavy atom. The van der Waals surface area contributed by atoms with Gasteiger partial charge in [0.25, 0.3) is 0 Å². The molecule has 7 heteroatoms. The SMILES string of the molecule is CC[C@@H]1CN(CCOCC(F)(F)F)CCN1CCOC. The predicted molar refractivity (Wildman–Crippen MR) is 70.8 cm³/mol. The van der Waals surface area contributed by atoms with Gasteiger partial charge in [0, 0.05) is 45.9 Å². The van der Waals surface area contributed by atoms with Gasteiger partial charge in [-0.1, -0.05) is 6.92 Å².